The summed E-state index contributed by atoms with van der Waals surface area (Å²) in [6.07, 6.45) is 5.94. The van der Waals surface area contributed by atoms with Gasteiger partial charge in [0.05, 0.1) is 12.6 Å². The molecular weight excluding hydrogens is 246 g/mol. The van der Waals surface area contributed by atoms with Crippen molar-refractivity contribution in [3.8, 4) is 0 Å². The Morgan fingerprint density at radius 2 is 1.95 bits per heavy atom. The van der Waals surface area contributed by atoms with Crippen LogP contribution in [-0.2, 0) is 4.79 Å². The summed E-state index contributed by atoms with van der Waals surface area (Å²) in [7, 11) is 0. The number of urea groups is 1. The van der Waals surface area contributed by atoms with Gasteiger partial charge in [-0.3, -0.25) is 15.0 Å². The lowest BCUT2D eigenvalue weighted by atomic mass is 9.80. The zero-order valence-corrected chi connectivity index (χ0v) is 11.2. The van der Waals surface area contributed by atoms with Crippen LogP contribution < -0.4 is 11.1 Å². The number of aliphatic hydroxyl groups excluding tert-OH is 1. The smallest absolute Gasteiger partial charge is 0.318 e. The third-order valence-electron chi connectivity index (χ3n) is 4.30. The summed E-state index contributed by atoms with van der Waals surface area (Å²) < 4.78 is 0. The number of aliphatic hydroxyl groups is 1. The van der Waals surface area contributed by atoms with E-state index in [9.17, 15) is 14.7 Å². The van der Waals surface area contributed by atoms with Gasteiger partial charge in [0.25, 0.3) is 0 Å². The first kappa shape index (κ1) is 14.3. The van der Waals surface area contributed by atoms with Crippen LogP contribution in [0.15, 0.2) is 0 Å². The fourth-order valence-electron chi connectivity index (χ4n) is 3.48. The maximum absolute atomic E-state index is 11.6. The van der Waals surface area contributed by atoms with Gasteiger partial charge in [0.2, 0.25) is 5.91 Å². The molecule has 1 heterocycles. The summed E-state index contributed by atoms with van der Waals surface area (Å²) in [5, 5.41) is 12.2. The van der Waals surface area contributed by atoms with Gasteiger partial charge in [-0.1, -0.05) is 12.8 Å². The van der Waals surface area contributed by atoms with E-state index in [1.807, 2.05) is 0 Å². The van der Waals surface area contributed by atoms with Gasteiger partial charge in [-0.15, -0.1) is 0 Å². The Morgan fingerprint density at radius 1 is 1.21 bits per heavy atom. The van der Waals surface area contributed by atoms with Gasteiger partial charge < -0.3 is 10.8 Å². The van der Waals surface area contributed by atoms with Crippen molar-refractivity contribution >= 4 is 11.9 Å². The predicted octanol–water partition coefficient (Wildman–Crippen LogP) is 0.197. The molecule has 3 amide bonds. The Bertz CT molecular complexity index is 348. The molecular formula is C13H23N3O3. The molecule has 0 bridgehead atoms. The molecule has 4 N–H and O–H groups in total. The number of amides is 3. The third-order valence-corrected chi connectivity index (χ3v) is 4.30. The van der Waals surface area contributed by atoms with E-state index in [4.69, 9.17) is 5.73 Å². The molecule has 6 heteroatoms. The second-order valence-corrected chi connectivity index (χ2v) is 5.61. The molecule has 6 nitrogen and oxygen atoms in total. The maximum Gasteiger partial charge on any atom is 0.318 e. The third kappa shape index (κ3) is 3.67. The second-order valence-electron chi connectivity index (χ2n) is 5.61. The molecule has 0 aromatic heterocycles. The number of nitrogens with one attached hydrogen (secondary N) is 1. The van der Waals surface area contributed by atoms with Crippen LogP contribution in [0, 0.1) is 5.92 Å². The van der Waals surface area contributed by atoms with Gasteiger partial charge >= 0.3 is 6.03 Å². The number of primary amides is 1. The number of carbonyl (C=O) groups excluding carboxylic acids is 2. The van der Waals surface area contributed by atoms with E-state index in [1.165, 1.54) is 0 Å². The van der Waals surface area contributed by atoms with Crippen molar-refractivity contribution < 1.29 is 14.7 Å². The summed E-state index contributed by atoms with van der Waals surface area (Å²) in [5.41, 5.74) is 4.94. The second kappa shape index (κ2) is 6.34. The minimum Gasteiger partial charge on any atom is -0.393 e. The molecule has 1 aliphatic heterocycles. The number of likely N-dealkylation sites (tertiary alicyclic amines) is 1. The summed E-state index contributed by atoms with van der Waals surface area (Å²) in [5.74, 6) is -0.0951. The van der Waals surface area contributed by atoms with Crippen molar-refractivity contribution in [2.75, 3.05) is 13.1 Å². The Morgan fingerprint density at radius 3 is 2.63 bits per heavy atom. The highest BCUT2D eigenvalue weighted by atomic mass is 16.3. The molecule has 19 heavy (non-hydrogen) atoms. The van der Waals surface area contributed by atoms with E-state index in [0.717, 1.165) is 45.1 Å². The monoisotopic (exact) mass is 269 g/mol. The lowest BCUT2D eigenvalue weighted by Gasteiger charge is -2.36. The fourth-order valence-corrected chi connectivity index (χ4v) is 3.48. The highest BCUT2D eigenvalue weighted by Gasteiger charge is 2.37. The Balaban J connectivity index is 1.92. The molecule has 2 fully saturated rings. The number of rotatable bonds is 3. The van der Waals surface area contributed by atoms with Crippen LogP contribution in [0.25, 0.3) is 0 Å². The normalized spacial score (nSPS) is 32.2. The van der Waals surface area contributed by atoms with Gasteiger partial charge in [0.1, 0.15) is 0 Å². The minimum atomic E-state index is -0.807. The topological polar surface area (TPSA) is 95.7 Å². The van der Waals surface area contributed by atoms with E-state index >= 15 is 0 Å². The van der Waals surface area contributed by atoms with Crippen LogP contribution >= 0.6 is 0 Å². The summed E-state index contributed by atoms with van der Waals surface area (Å²) in [6, 6.07) is -0.549. The molecule has 1 saturated heterocycles. The van der Waals surface area contributed by atoms with E-state index in [1.54, 1.807) is 0 Å². The molecule has 3 atom stereocenters. The average Bonchev–Trinajstić information content (AvgIpc) is 2.76. The molecule has 0 spiro atoms. The number of nitrogens with zero attached hydrogens (tertiary/aromatic N) is 1. The van der Waals surface area contributed by atoms with Crippen molar-refractivity contribution in [3.05, 3.63) is 0 Å². The molecule has 1 saturated carbocycles. The first-order valence-electron chi connectivity index (χ1n) is 7.09. The highest BCUT2D eigenvalue weighted by molar-refractivity contribution is 5.94. The zero-order valence-electron chi connectivity index (χ0n) is 11.2. The van der Waals surface area contributed by atoms with Crippen molar-refractivity contribution in [1.82, 2.24) is 10.2 Å². The van der Waals surface area contributed by atoms with E-state index < -0.39 is 6.03 Å². The van der Waals surface area contributed by atoms with Gasteiger partial charge in [-0.05, 0) is 32.2 Å². The van der Waals surface area contributed by atoms with Crippen molar-refractivity contribution in [1.29, 1.82) is 0 Å². The SMILES string of the molecule is NC(=O)NC(=O)CN1CCCC1C1CCCCC1O. The fraction of sp³-hybridized carbons (Fsp3) is 0.846. The first-order valence-corrected chi connectivity index (χ1v) is 7.09. The van der Waals surface area contributed by atoms with Crippen LogP contribution in [0.5, 0.6) is 0 Å². The summed E-state index contributed by atoms with van der Waals surface area (Å²) in [6.45, 7) is 1.04. The van der Waals surface area contributed by atoms with Crippen LogP contribution in [0.4, 0.5) is 4.79 Å². The molecule has 0 radical (unpaired) electrons. The standard InChI is InChI=1S/C13H23N3O3/c14-13(19)15-12(18)8-16-7-3-5-10(16)9-4-1-2-6-11(9)17/h9-11,17H,1-8H2,(H3,14,15,18,19). The largest absolute Gasteiger partial charge is 0.393 e. The van der Waals surface area contributed by atoms with Gasteiger partial charge in [0.15, 0.2) is 0 Å². The Kier molecular flexibility index (Phi) is 4.76. The number of hydrogen-bond donors (Lipinski definition) is 3. The Labute approximate surface area is 113 Å². The predicted molar refractivity (Wildman–Crippen MR) is 70.3 cm³/mol. The van der Waals surface area contributed by atoms with Crippen LogP contribution in [0.3, 0.4) is 0 Å². The average molecular weight is 269 g/mol. The lowest BCUT2D eigenvalue weighted by Crippen LogP contribution is -2.48. The van der Waals surface area contributed by atoms with Crippen LogP contribution in [-0.4, -0.2) is 47.2 Å². The van der Waals surface area contributed by atoms with Crippen molar-refractivity contribution in [2.24, 2.45) is 11.7 Å². The van der Waals surface area contributed by atoms with Gasteiger partial charge in [-0.2, -0.15) is 0 Å². The molecule has 2 aliphatic rings. The van der Waals surface area contributed by atoms with Crippen LogP contribution in [0.2, 0.25) is 0 Å². The Hall–Kier alpha value is -1.14. The molecule has 108 valence electrons. The highest BCUT2D eigenvalue weighted by Crippen LogP contribution is 2.34. The van der Waals surface area contributed by atoms with E-state index in [-0.39, 0.29) is 30.5 Å². The molecule has 3 unspecified atom stereocenters. The van der Waals surface area contributed by atoms with Crippen molar-refractivity contribution in [3.63, 3.8) is 0 Å². The number of hydrogen-bond acceptors (Lipinski definition) is 4. The summed E-state index contributed by atoms with van der Waals surface area (Å²) in [4.78, 5) is 24.3. The first-order chi connectivity index (χ1) is 9.08. The van der Waals surface area contributed by atoms with Crippen molar-refractivity contribution in [2.45, 2.75) is 50.7 Å². The summed E-state index contributed by atoms with van der Waals surface area (Å²) >= 11 is 0. The quantitative estimate of drug-likeness (QED) is 0.682. The molecule has 1 aliphatic carbocycles. The maximum atomic E-state index is 11.6. The lowest BCUT2D eigenvalue weighted by molar-refractivity contribution is -0.121. The number of imide groups is 1. The van der Waals surface area contributed by atoms with E-state index in [0.29, 0.717) is 0 Å². The number of carbonyl (C=O) groups is 2. The molecule has 0 aromatic rings. The van der Waals surface area contributed by atoms with E-state index in [2.05, 4.69) is 10.2 Å². The minimum absolute atomic E-state index is 0.191. The van der Waals surface area contributed by atoms with Gasteiger partial charge in [-0.25, -0.2) is 4.79 Å². The molecule has 0 aromatic carbocycles. The van der Waals surface area contributed by atoms with Gasteiger partial charge in [0, 0.05) is 12.0 Å². The molecule has 2 rings (SSSR count). The number of nitrogens with two attached hydrogens (primary N) is 1. The zero-order chi connectivity index (χ0) is 13.8. The van der Waals surface area contributed by atoms with Crippen LogP contribution in [0.1, 0.15) is 38.5 Å².